The summed E-state index contributed by atoms with van der Waals surface area (Å²) in [6.07, 6.45) is 1.14. The van der Waals surface area contributed by atoms with Crippen molar-refractivity contribution in [1.29, 1.82) is 0 Å². The summed E-state index contributed by atoms with van der Waals surface area (Å²) in [5.74, 6) is 0. The third-order valence-corrected chi connectivity index (χ3v) is 4.03. The van der Waals surface area contributed by atoms with Crippen LogP contribution in [0, 0.1) is 0 Å². The fraction of sp³-hybridized carbons (Fsp3) is 0.231. The highest BCUT2D eigenvalue weighted by molar-refractivity contribution is 7.10. The molecule has 0 bridgehead atoms. The van der Waals surface area contributed by atoms with Gasteiger partial charge >= 0.3 is 0 Å². The number of nitrogens with two attached hydrogens (primary N) is 1. The number of hydrogen-bond donors (Lipinski definition) is 2. The van der Waals surface area contributed by atoms with Crippen LogP contribution in [-0.2, 0) is 6.42 Å². The number of benzene rings is 1. The molecule has 0 saturated heterocycles. The first-order valence-corrected chi connectivity index (χ1v) is 6.37. The Labute approximate surface area is 99.1 Å². The number of nitrogen functional groups attached to an aromatic ring is 1. The van der Waals surface area contributed by atoms with E-state index in [1.54, 1.807) is 0 Å². The molecule has 1 atom stereocenters. The van der Waals surface area contributed by atoms with E-state index in [9.17, 15) is 0 Å². The van der Waals surface area contributed by atoms with E-state index >= 15 is 0 Å². The first-order chi connectivity index (χ1) is 7.84. The lowest BCUT2D eigenvalue weighted by Crippen LogP contribution is -2.29. The Balaban J connectivity index is 2.04. The van der Waals surface area contributed by atoms with Gasteiger partial charge in [-0.25, -0.2) is 0 Å². The van der Waals surface area contributed by atoms with E-state index < -0.39 is 0 Å². The van der Waals surface area contributed by atoms with Crippen LogP contribution in [-0.4, -0.2) is 6.54 Å². The van der Waals surface area contributed by atoms with Crippen LogP contribution < -0.4 is 11.1 Å². The highest BCUT2D eigenvalue weighted by Crippen LogP contribution is 2.32. The lowest BCUT2D eigenvalue weighted by atomic mass is 9.95. The molecule has 3 N–H and O–H groups in total. The standard InChI is InChI=1S/C13H14N2S/c14-10-3-1-2-9(8-10)13-11-5-7-16-12(11)4-6-15-13/h1-3,5,7-8,13,15H,4,6,14H2. The summed E-state index contributed by atoms with van der Waals surface area (Å²) in [5.41, 5.74) is 9.35. The van der Waals surface area contributed by atoms with Crippen molar-refractivity contribution < 1.29 is 0 Å². The molecular weight excluding hydrogens is 216 g/mol. The van der Waals surface area contributed by atoms with E-state index in [-0.39, 0.29) is 0 Å². The van der Waals surface area contributed by atoms with Crippen LogP contribution in [0.4, 0.5) is 5.69 Å². The normalized spacial score (nSPS) is 19.4. The van der Waals surface area contributed by atoms with Gasteiger partial charge in [-0.2, -0.15) is 0 Å². The topological polar surface area (TPSA) is 38.0 Å². The molecule has 1 aromatic carbocycles. The summed E-state index contributed by atoms with van der Waals surface area (Å²) in [6.45, 7) is 1.05. The van der Waals surface area contributed by atoms with Gasteiger partial charge in [-0.1, -0.05) is 12.1 Å². The number of thiophene rings is 1. The summed E-state index contributed by atoms with van der Waals surface area (Å²) in [6, 6.07) is 10.7. The van der Waals surface area contributed by atoms with E-state index in [0.29, 0.717) is 6.04 Å². The molecule has 82 valence electrons. The van der Waals surface area contributed by atoms with Crippen molar-refractivity contribution in [1.82, 2.24) is 5.32 Å². The Bertz CT molecular complexity index is 504. The van der Waals surface area contributed by atoms with Crippen molar-refractivity contribution in [3.63, 3.8) is 0 Å². The zero-order valence-electron chi connectivity index (χ0n) is 8.94. The van der Waals surface area contributed by atoms with Crippen LogP contribution in [0.1, 0.15) is 22.0 Å². The Morgan fingerprint density at radius 1 is 1.31 bits per heavy atom. The van der Waals surface area contributed by atoms with Crippen LogP contribution in [0.15, 0.2) is 35.7 Å². The Morgan fingerprint density at radius 2 is 2.25 bits per heavy atom. The van der Waals surface area contributed by atoms with Crippen LogP contribution >= 0.6 is 11.3 Å². The lowest BCUT2D eigenvalue weighted by molar-refractivity contribution is 0.575. The molecule has 1 aliphatic rings. The number of nitrogens with one attached hydrogen (secondary N) is 1. The molecule has 2 heterocycles. The number of rotatable bonds is 1. The smallest absolute Gasteiger partial charge is 0.0588 e. The minimum Gasteiger partial charge on any atom is -0.399 e. The van der Waals surface area contributed by atoms with Crippen LogP contribution in [0.5, 0.6) is 0 Å². The molecule has 1 unspecified atom stereocenters. The number of hydrogen-bond acceptors (Lipinski definition) is 3. The predicted octanol–water partition coefficient (Wildman–Crippen LogP) is 2.57. The van der Waals surface area contributed by atoms with Crippen molar-refractivity contribution in [2.24, 2.45) is 0 Å². The van der Waals surface area contributed by atoms with E-state index in [0.717, 1.165) is 18.7 Å². The van der Waals surface area contributed by atoms with Gasteiger partial charge in [0.15, 0.2) is 0 Å². The predicted molar refractivity (Wildman–Crippen MR) is 68.7 cm³/mol. The number of fused-ring (bicyclic) bond motifs is 1. The van der Waals surface area contributed by atoms with E-state index in [4.69, 9.17) is 5.73 Å². The van der Waals surface area contributed by atoms with Gasteiger partial charge < -0.3 is 11.1 Å². The second-order valence-corrected chi connectivity index (χ2v) is 5.11. The van der Waals surface area contributed by atoms with Gasteiger partial charge in [-0.05, 0) is 41.1 Å². The van der Waals surface area contributed by atoms with Crippen molar-refractivity contribution in [2.75, 3.05) is 12.3 Å². The monoisotopic (exact) mass is 230 g/mol. The van der Waals surface area contributed by atoms with Crippen molar-refractivity contribution in [3.05, 3.63) is 51.7 Å². The van der Waals surface area contributed by atoms with Gasteiger partial charge in [-0.15, -0.1) is 11.3 Å². The molecule has 16 heavy (non-hydrogen) atoms. The van der Waals surface area contributed by atoms with Gasteiger partial charge in [-0.3, -0.25) is 0 Å². The third kappa shape index (κ3) is 1.62. The first kappa shape index (κ1) is 9.87. The summed E-state index contributed by atoms with van der Waals surface area (Å²) in [5, 5.41) is 5.73. The molecule has 0 aliphatic carbocycles. The highest BCUT2D eigenvalue weighted by atomic mass is 32.1. The molecule has 0 saturated carbocycles. The molecule has 0 spiro atoms. The second-order valence-electron chi connectivity index (χ2n) is 4.11. The van der Waals surface area contributed by atoms with Crippen molar-refractivity contribution >= 4 is 17.0 Å². The highest BCUT2D eigenvalue weighted by Gasteiger charge is 2.21. The van der Waals surface area contributed by atoms with E-state index in [1.165, 1.54) is 16.0 Å². The molecular formula is C13H14N2S. The average molecular weight is 230 g/mol. The zero-order chi connectivity index (χ0) is 11.0. The third-order valence-electron chi connectivity index (χ3n) is 3.04. The molecule has 0 amide bonds. The van der Waals surface area contributed by atoms with Gasteiger partial charge in [0.25, 0.3) is 0 Å². The van der Waals surface area contributed by atoms with Crippen LogP contribution in [0.2, 0.25) is 0 Å². The van der Waals surface area contributed by atoms with Crippen molar-refractivity contribution in [3.8, 4) is 0 Å². The molecule has 2 aromatic rings. The molecule has 3 heteroatoms. The van der Waals surface area contributed by atoms with Crippen LogP contribution in [0.3, 0.4) is 0 Å². The van der Waals surface area contributed by atoms with Crippen molar-refractivity contribution in [2.45, 2.75) is 12.5 Å². The van der Waals surface area contributed by atoms with Gasteiger partial charge in [0.2, 0.25) is 0 Å². The van der Waals surface area contributed by atoms with Crippen LogP contribution in [0.25, 0.3) is 0 Å². The largest absolute Gasteiger partial charge is 0.399 e. The average Bonchev–Trinajstić information content (AvgIpc) is 2.76. The fourth-order valence-electron chi connectivity index (χ4n) is 2.29. The summed E-state index contributed by atoms with van der Waals surface area (Å²) < 4.78 is 0. The minimum absolute atomic E-state index is 0.318. The maximum atomic E-state index is 5.84. The maximum absolute atomic E-state index is 5.84. The first-order valence-electron chi connectivity index (χ1n) is 5.50. The molecule has 1 aromatic heterocycles. The van der Waals surface area contributed by atoms with E-state index in [2.05, 4.69) is 28.9 Å². The van der Waals surface area contributed by atoms with Gasteiger partial charge in [0.05, 0.1) is 6.04 Å². The quantitative estimate of drug-likeness (QED) is 0.739. The zero-order valence-corrected chi connectivity index (χ0v) is 9.76. The molecule has 3 rings (SSSR count). The van der Waals surface area contributed by atoms with Gasteiger partial charge in [0.1, 0.15) is 0 Å². The summed E-state index contributed by atoms with van der Waals surface area (Å²) >= 11 is 1.86. The summed E-state index contributed by atoms with van der Waals surface area (Å²) in [7, 11) is 0. The molecule has 1 aliphatic heterocycles. The molecule has 0 fully saturated rings. The lowest BCUT2D eigenvalue weighted by Gasteiger charge is -2.24. The van der Waals surface area contributed by atoms with E-state index in [1.807, 2.05) is 23.5 Å². The number of anilines is 1. The fourth-order valence-corrected chi connectivity index (χ4v) is 3.21. The minimum atomic E-state index is 0.318. The maximum Gasteiger partial charge on any atom is 0.0588 e. The summed E-state index contributed by atoms with van der Waals surface area (Å²) in [4.78, 5) is 1.51. The molecule has 0 radical (unpaired) electrons. The Kier molecular flexibility index (Phi) is 2.42. The SMILES string of the molecule is Nc1cccc(C2NCCc3sccc32)c1. The Hall–Kier alpha value is -1.32. The Morgan fingerprint density at radius 3 is 3.12 bits per heavy atom. The second kappa shape index (κ2) is 3.92. The van der Waals surface area contributed by atoms with Gasteiger partial charge in [0, 0.05) is 17.1 Å². The molecule has 2 nitrogen and oxygen atoms in total.